The summed E-state index contributed by atoms with van der Waals surface area (Å²) in [5.41, 5.74) is 4.85. The Kier molecular flexibility index (Phi) is 9.80. The van der Waals surface area contributed by atoms with Gasteiger partial charge < -0.3 is 25.2 Å². The summed E-state index contributed by atoms with van der Waals surface area (Å²) in [6.45, 7) is 2.84. The number of aromatic nitrogens is 2. The number of carbonyl (C=O) groups excluding carboxylic acids is 1. The molecular weight excluding hydrogens is 544 g/mol. The molecule has 4 aromatic rings. The average molecular weight is 577 g/mol. The predicted molar refractivity (Wildman–Crippen MR) is 156 cm³/mol. The van der Waals surface area contributed by atoms with Crippen LogP contribution in [0.4, 0.5) is 4.79 Å². The van der Waals surface area contributed by atoms with E-state index in [0.717, 1.165) is 42.9 Å². The normalized spacial score (nSPS) is 18.8. The van der Waals surface area contributed by atoms with Crippen LogP contribution in [0.15, 0.2) is 83.2 Å². The van der Waals surface area contributed by atoms with Crippen LogP contribution in [0.5, 0.6) is 0 Å². The van der Waals surface area contributed by atoms with Crippen LogP contribution >= 0.6 is 23.1 Å². The Morgan fingerprint density at radius 1 is 0.900 bits per heavy atom. The third-order valence-electron chi connectivity index (χ3n) is 6.52. The van der Waals surface area contributed by atoms with Gasteiger partial charge in [-0.15, -0.1) is 10.2 Å². The number of aryl methyl sites for hydroxylation is 1. The molecule has 3 N–H and O–H groups in total. The Morgan fingerprint density at radius 3 is 2.20 bits per heavy atom. The number of hydrogen-bond acceptors (Lipinski definition) is 8. The number of nitrogens with zero attached hydrogens (tertiary/aromatic N) is 2. The van der Waals surface area contributed by atoms with Crippen molar-refractivity contribution in [1.82, 2.24) is 20.8 Å². The lowest BCUT2D eigenvalue weighted by Crippen LogP contribution is -2.34. The van der Waals surface area contributed by atoms with Crippen LogP contribution in [0.3, 0.4) is 0 Å². The minimum Gasteiger partial charge on any atom is -0.392 e. The van der Waals surface area contributed by atoms with Gasteiger partial charge in [0.1, 0.15) is 5.01 Å². The maximum atomic E-state index is 12.2. The van der Waals surface area contributed by atoms with Gasteiger partial charge in [-0.2, -0.15) is 0 Å². The minimum absolute atomic E-state index is 0.00790. The molecule has 5 rings (SSSR count). The zero-order chi connectivity index (χ0) is 27.7. The van der Waals surface area contributed by atoms with Crippen molar-refractivity contribution in [3.63, 3.8) is 0 Å². The molecule has 1 saturated heterocycles. The number of aliphatic hydroxyl groups excluding tert-OH is 1. The monoisotopic (exact) mass is 576 g/mol. The van der Waals surface area contributed by atoms with E-state index in [1.54, 1.807) is 23.1 Å². The van der Waals surface area contributed by atoms with Crippen molar-refractivity contribution < 1.29 is 19.4 Å². The molecule has 0 unspecified atom stereocenters. The number of aliphatic hydroxyl groups is 1. The summed E-state index contributed by atoms with van der Waals surface area (Å²) in [7, 11) is 0. The van der Waals surface area contributed by atoms with Gasteiger partial charge in [-0.1, -0.05) is 102 Å². The first-order valence-electron chi connectivity index (χ1n) is 13.1. The number of carbonyl (C=O) groups is 1. The standard InChI is InChI=1S/C30H32N4O4S2/c1-20-33-34-30(40-20)39-19-26-15-27(24-11-9-23(18-35)10-12-24)38-28(37-26)25-13-7-22(8-14-25)17-32-29(36)31-16-21-5-3-2-4-6-21/h2-14,26-28,35H,15-19H2,1H3,(H2,31,32,36)/t26-,27+,28+/m0/s1. The van der Waals surface area contributed by atoms with E-state index in [0.29, 0.717) is 19.5 Å². The highest BCUT2D eigenvalue weighted by atomic mass is 32.2. The van der Waals surface area contributed by atoms with E-state index >= 15 is 0 Å². The van der Waals surface area contributed by atoms with E-state index in [1.807, 2.05) is 85.8 Å². The van der Waals surface area contributed by atoms with Crippen LogP contribution in [0.1, 0.15) is 51.6 Å². The summed E-state index contributed by atoms with van der Waals surface area (Å²) in [5, 5.41) is 24.5. The highest BCUT2D eigenvalue weighted by Gasteiger charge is 2.32. The molecule has 208 valence electrons. The number of ether oxygens (including phenoxy) is 2. The molecule has 0 spiro atoms. The summed E-state index contributed by atoms with van der Waals surface area (Å²) >= 11 is 3.23. The molecule has 8 nitrogen and oxygen atoms in total. The first-order valence-corrected chi connectivity index (χ1v) is 14.9. The Bertz CT molecular complexity index is 1370. The molecule has 40 heavy (non-hydrogen) atoms. The quantitative estimate of drug-likeness (QED) is 0.209. The Labute approximate surface area is 242 Å². The summed E-state index contributed by atoms with van der Waals surface area (Å²) in [5.74, 6) is 0.736. The number of thioether (sulfide) groups is 1. The van der Waals surface area contributed by atoms with Crippen molar-refractivity contribution in [2.45, 2.75) is 55.9 Å². The van der Waals surface area contributed by atoms with Gasteiger partial charge in [-0.25, -0.2) is 4.79 Å². The topological polar surface area (TPSA) is 106 Å². The van der Waals surface area contributed by atoms with E-state index in [-0.39, 0.29) is 24.8 Å². The molecule has 1 fully saturated rings. The van der Waals surface area contributed by atoms with Gasteiger partial charge in [0, 0.05) is 30.8 Å². The molecule has 0 saturated carbocycles. The van der Waals surface area contributed by atoms with Gasteiger partial charge in [-0.3, -0.25) is 0 Å². The summed E-state index contributed by atoms with van der Waals surface area (Å²) < 4.78 is 13.8. The molecule has 3 atom stereocenters. The molecule has 1 aliphatic rings. The molecule has 1 aliphatic heterocycles. The van der Waals surface area contributed by atoms with Gasteiger partial charge >= 0.3 is 6.03 Å². The highest BCUT2D eigenvalue weighted by molar-refractivity contribution is 8.01. The number of nitrogens with one attached hydrogen (secondary N) is 2. The zero-order valence-corrected chi connectivity index (χ0v) is 23.8. The first kappa shape index (κ1) is 28.3. The third-order valence-corrected chi connectivity index (χ3v) is 8.62. The van der Waals surface area contributed by atoms with Gasteiger partial charge in [0.15, 0.2) is 10.6 Å². The lowest BCUT2D eigenvalue weighted by Gasteiger charge is -2.36. The molecule has 10 heteroatoms. The van der Waals surface area contributed by atoms with Crippen LogP contribution in [0, 0.1) is 6.92 Å². The first-order chi connectivity index (χ1) is 19.6. The lowest BCUT2D eigenvalue weighted by molar-refractivity contribution is -0.245. The summed E-state index contributed by atoms with van der Waals surface area (Å²) in [6, 6.07) is 25.4. The fourth-order valence-electron chi connectivity index (χ4n) is 4.34. The van der Waals surface area contributed by atoms with E-state index in [4.69, 9.17) is 9.47 Å². The maximum absolute atomic E-state index is 12.2. The van der Waals surface area contributed by atoms with Gasteiger partial charge in [0.2, 0.25) is 0 Å². The summed E-state index contributed by atoms with van der Waals surface area (Å²) in [4.78, 5) is 12.2. The Balaban J connectivity index is 1.21. The number of urea groups is 1. The smallest absolute Gasteiger partial charge is 0.315 e. The largest absolute Gasteiger partial charge is 0.392 e. The van der Waals surface area contributed by atoms with E-state index in [9.17, 15) is 9.90 Å². The summed E-state index contributed by atoms with van der Waals surface area (Å²) in [6.07, 6.45) is -0.0259. The second-order valence-corrected chi connectivity index (χ2v) is 12.0. The zero-order valence-electron chi connectivity index (χ0n) is 22.2. The Morgan fingerprint density at radius 2 is 1.55 bits per heavy atom. The highest BCUT2D eigenvalue weighted by Crippen LogP contribution is 2.39. The van der Waals surface area contributed by atoms with Gasteiger partial charge in [-0.05, 0) is 29.2 Å². The van der Waals surface area contributed by atoms with Crippen molar-refractivity contribution in [2.75, 3.05) is 5.75 Å². The number of amides is 2. The number of hydrogen-bond donors (Lipinski definition) is 3. The van der Waals surface area contributed by atoms with Crippen molar-refractivity contribution >= 4 is 29.1 Å². The lowest BCUT2D eigenvalue weighted by atomic mass is 10.0. The fraction of sp³-hybridized carbons (Fsp3) is 0.300. The van der Waals surface area contributed by atoms with Gasteiger partial charge in [0.25, 0.3) is 0 Å². The van der Waals surface area contributed by atoms with Crippen molar-refractivity contribution in [1.29, 1.82) is 0 Å². The predicted octanol–water partition coefficient (Wildman–Crippen LogP) is 5.68. The molecule has 3 aromatic carbocycles. The second kappa shape index (κ2) is 13.9. The average Bonchev–Trinajstić information content (AvgIpc) is 3.43. The number of benzene rings is 3. The fourth-order valence-corrected chi connectivity index (χ4v) is 6.20. The Hall–Kier alpha value is -3.28. The second-order valence-electron chi connectivity index (χ2n) is 9.51. The molecule has 1 aromatic heterocycles. The van der Waals surface area contributed by atoms with Crippen LogP contribution in [0.2, 0.25) is 0 Å². The molecule has 2 amide bonds. The molecule has 0 radical (unpaired) electrons. The minimum atomic E-state index is -0.533. The van der Waals surface area contributed by atoms with Crippen molar-refractivity contribution in [3.8, 4) is 0 Å². The van der Waals surface area contributed by atoms with Crippen LogP contribution in [0.25, 0.3) is 0 Å². The van der Waals surface area contributed by atoms with E-state index in [1.165, 1.54) is 0 Å². The third kappa shape index (κ3) is 7.89. The van der Waals surface area contributed by atoms with Crippen LogP contribution in [-0.2, 0) is 29.2 Å². The van der Waals surface area contributed by atoms with Crippen LogP contribution < -0.4 is 10.6 Å². The van der Waals surface area contributed by atoms with E-state index < -0.39 is 6.29 Å². The van der Waals surface area contributed by atoms with E-state index in [2.05, 4.69) is 20.8 Å². The molecule has 2 heterocycles. The molecule has 0 bridgehead atoms. The number of rotatable bonds is 10. The van der Waals surface area contributed by atoms with Crippen molar-refractivity contribution in [2.24, 2.45) is 0 Å². The molecule has 0 aliphatic carbocycles. The maximum Gasteiger partial charge on any atom is 0.315 e. The SMILES string of the molecule is Cc1nnc(SC[C@@H]2C[C@H](c3ccc(CO)cc3)O[C@H](c3ccc(CNC(=O)NCc4ccccc4)cc3)O2)s1. The van der Waals surface area contributed by atoms with Gasteiger partial charge in [0.05, 0.1) is 18.8 Å². The van der Waals surface area contributed by atoms with Crippen molar-refractivity contribution in [3.05, 3.63) is 112 Å². The van der Waals surface area contributed by atoms with Crippen LogP contribution in [-0.4, -0.2) is 33.2 Å². The molecular formula is C30H32N4O4S2.